The summed E-state index contributed by atoms with van der Waals surface area (Å²) in [4.78, 5) is 16.9. The van der Waals surface area contributed by atoms with Crippen molar-refractivity contribution in [2.24, 2.45) is 5.73 Å². The van der Waals surface area contributed by atoms with Crippen LogP contribution < -0.4 is 11.1 Å². The van der Waals surface area contributed by atoms with Gasteiger partial charge in [-0.25, -0.2) is 0 Å². The Bertz CT molecular complexity index is 343. The van der Waals surface area contributed by atoms with E-state index < -0.39 is 5.54 Å². The van der Waals surface area contributed by atoms with Crippen LogP contribution in [0, 0.1) is 0 Å². The summed E-state index contributed by atoms with van der Waals surface area (Å²) in [6, 6.07) is 0.675. The van der Waals surface area contributed by atoms with Gasteiger partial charge in [0.05, 0.1) is 0 Å². The highest BCUT2D eigenvalue weighted by Gasteiger charge is 2.36. The Labute approximate surface area is 129 Å². The fourth-order valence-corrected chi connectivity index (χ4v) is 3.61. The van der Waals surface area contributed by atoms with Gasteiger partial charge >= 0.3 is 0 Å². The van der Waals surface area contributed by atoms with E-state index >= 15 is 0 Å². The van der Waals surface area contributed by atoms with Crippen LogP contribution in [0.15, 0.2) is 0 Å². The highest BCUT2D eigenvalue weighted by Crippen LogP contribution is 2.21. The van der Waals surface area contributed by atoms with Crippen LogP contribution in [-0.2, 0) is 4.79 Å². The van der Waals surface area contributed by atoms with E-state index in [0.717, 1.165) is 32.6 Å². The largest absolute Gasteiger partial charge is 0.368 e. The maximum Gasteiger partial charge on any atom is 0.238 e. The molecule has 1 amide bonds. The SMILES string of the molecule is CCCNC(C)(CN1CCC(N2CCCCC2)C1)C(N)=O. The summed E-state index contributed by atoms with van der Waals surface area (Å²) in [6.07, 6.45) is 6.30. The molecule has 0 aromatic rings. The molecule has 0 saturated carbocycles. The molecule has 2 atom stereocenters. The van der Waals surface area contributed by atoms with Crippen molar-refractivity contribution in [2.75, 3.05) is 39.3 Å². The lowest BCUT2D eigenvalue weighted by molar-refractivity contribution is -0.124. The number of carbonyl (C=O) groups excluding carboxylic acids is 1. The number of rotatable bonds is 7. The quantitative estimate of drug-likeness (QED) is 0.729. The van der Waals surface area contributed by atoms with Crippen LogP contribution in [0.4, 0.5) is 0 Å². The molecule has 3 N–H and O–H groups in total. The van der Waals surface area contributed by atoms with Crippen molar-refractivity contribution in [3.8, 4) is 0 Å². The van der Waals surface area contributed by atoms with E-state index in [9.17, 15) is 4.79 Å². The number of hydrogen-bond acceptors (Lipinski definition) is 4. The number of likely N-dealkylation sites (tertiary alicyclic amines) is 2. The summed E-state index contributed by atoms with van der Waals surface area (Å²) in [5, 5.41) is 3.34. The van der Waals surface area contributed by atoms with Crippen LogP contribution in [0.1, 0.15) is 46.0 Å². The standard InChI is InChI=1S/C16H32N4O/c1-3-8-18-16(2,15(17)21)13-19-11-7-14(12-19)20-9-5-4-6-10-20/h14,18H,3-13H2,1-2H3,(H2,17,21). The first-order valence-corrected chi connectivity index (χ1v) is 8.56. The first kappa shape index (κ1) is 16.7. The van der Waals surface area contributed by atoms with Crippen molar-refractivity contribution in [3.05, 3.63) is 0 Å². The average Bonchev–Trinajstić information content (AvgIpc) is 2.94. The van der Waals surface area contributed by atoms with Crippen LogP contribution in [0.3, 0.4) is 0 Å². The molecule has 0 spiro atoms. The Hall–Kier alpha value is -0.650. The molecule has 2 fully saturated rings. The fraction of sp³-hybridized carbons (Fsp3) is 0.938. The summed E-state index contributed by atoms with van der Waals surface area (Å²) in [6.45, 7) is 10.3. The lowest BCUT2D eigenvalue weighted by Crippen LogP contribution is -2.59. The third-order valence-corrected chi connectivity index (χ3v) is 5.00. The van der Waals surface area contributed by atoms with Crippen molar-refractivity contribution >= 4 is 5.91 Å². The number of hydrogen-bond donors (Lipinski definition) is 2. The van der Waals surface area contributed by atoms with Crippen molar-refractivity contribution in [1.82, 2.24) is 15.1 Å². The summed E-state index contributed by atoms with van der Waals surface area (Å²) >= 11 is 0. The molecular weight excluding hydrogens is 264 g/mol. The van der Waals surface area contributed by atoms with Crippen LogP contribution in [0.2, 0.25) is 0 Å². The van der Waals surface area contributed by atoms with E-state index in [1.54, 1.807) is 0 Å². The lowest BCUT2D eigenvalue weighted by atomic mass is 10.0. The van der Waals surface area contributed by atoms with E-state index in [-0.39, 0.29) is 5.91 Å². The third kappa shape index (κ3) is 4.41. The topological polar surface area (TPSA) is 61.6 Å². The summed E-state index contributed by atoms with van der Waals surface area (Å²) < 4.78 is 0. The molecule has 5 nitrogen and oxygen atoms in total. The van der Waals surface area contributed by atoms with E-state index in [0.29, 0.717) is 6.04 Å². The minimum atomic E-state index is -0.604. The zero-order valence-corrected chi connectivity index (χ0v) is 13.7. The number of carbonyl (C=O) groups is 1. The predicted molar refractivity (Wildman–Crippen MR) is 86.2 cm³/mol. The Morgan fingerprint density at radius 3 is 2.62 bits per heavy atom. The van der Waals surface area contributed by atoms with E-state index in [2.05, 4.69) is 22.0 Å². The summed E-state index contributed by atoms with van der Waals surface area (Å²) in [5.74, 6) is -0.239. The highest BCUT2D eigenvalue weighted by molar-refractivity contribution is 5.84. The Balaban J connectivity index is 1.86. The number of piperidine rings is 1. The second-order valence-electron chi connectivity index (χ2n) is 6.90. The maximum absolute atomic E-state index is 11.8. The fourth-order valence-electron chi connectivity index (χ4n) is 3.61. The summed E-state index contributed by atoms with van der Waals surface area (Å²) in [7, 11) is 0. The monoisotopic (exact) mass is 296 g/mol. The molecular formula is C16H32N4O. The minimum absolute atomic E-state index is 0.239. The van der Waals surface area contributed by atoms with Crippen molar-refractivity contribution < 1.29 is 4.79 Å². The molecule has 0 radical (unpaired) electrons. The van der Waals surface area contributed by atoms with Crippen LogP contribution in [0.5, 0.6) is 0 Å². The molecule has 2 aliphatic rings. The number of primary amides is 1. The molecule has 2 unspecified atom stereocenters. The number of nitrogens with one attached hydrogen (secondary N) is 1. The van der Waals surface area contributed by atoms with E-state index in [1.165, 1.54) is 38.8 Å². The highest BCUT2D eigenvalue weighted by atomic mass is 16.1. The van der Waals surface area contributed by atoms with Gasteiger partial charge in [0, 0.05) is 19.1 Å². The third-order valence-electron chi connectivity index (χ3n) is 5.00. The Kier molecular flexibility index (Phi) is 6.02. The molecule has 2 heterocycles. The first-order chi connectivity index (χ1) is 10.0. The molecule has 122 valence electrons. The number of nitrogens with zero attached hydrogens (tertiary/aromatic N) is 2. The van der Waals surface area contributed by atoms with Gasteiger partial charge in [-0.15, -0.1) is 0 Å². The molecule has 2 aliphatic heterocycles. The molecule has 5 heteroatoms. The van der Waals surface area contributed by atoms with Crippen molar-refractivity contribution in [3.63, 3.8) is 0 Å². The van der Waals surface area contributed by atoms with Gasteiger partial charge in [0.2, 0.25) is 5.91 Å². The van der Waals surface area contributed by atoms with Gasteiger partial charge in [-0.2, -0.15) is 0 Å². The summed E-state index contributed by atoms with van der Waals surface area (Å²) in [5.41, 5.74) is 5.02. The van der Waals surface area contributed by atoms with Crippen LogP contribution in [-0.4, -0.2) is 66.6 Å². The normalized spacial score (nSPS) is 27.6. The molecule has 0 aromatic heterocycles. The molecule has 0 bridgehead atoms. The van der Waals surface area contributed by atoms with Crippen molar-refractivity contribution in [2.45, 2.75) is 57.5 Å². The average molecular weight is 296 g/mol. The van der Waals surface area contributed by atoms with Gasteiger partial charge < -0.3 is 11.1 Å². The maximum atomic E-state index is 11.8. The van der Waals surface area contributed by atoms with Crippen LogP contribution >= 0.6 is 0 Å². The van der Waals surface area contributed by atoms with Gasteiger partial charge in [0.15, 0.2) is 0 Å². The number of nitrogens with two attached hydrogens (primary N) is 1. The van der Waals surface area contributed by atoms with Gasteiger partial charge in [0.25, 0.3) is 0 Å². The second kappa shape index (κ2) is 7.56. The molecule has 0 aliphatic carbocycles. The van der Waals surface area contributed by atoms with Gasteiger partial charge in [-0.3, -0.25) is 14.6 Å². The molecule has 0 aromatic carbocycles. The molecule has 2 saturated heterocycles. The van der Waals surface area contributed by atoms with Crippen LogP contribution in [0.25, 0.3) is 0 Å². The van der Waals surface area contributed by atoms with E-state index in [1.807, 2.05) is 6.92 Å². The van der Waals surface area contributed by atoms with Gasteiger partial charge in [-0.1, -0.05) is 13.3 Å². The molecule has 2 rings (SSSR count). The lowest BCUT2D eigenvalue weighted by Gasteiger charge is -2.34. The number of amides is 1. The smallest absolute Gasteiger partial charge is 0.238 e. The van der Waals surface area contributed by atoms with E-state index in [4.69, 9.17) is 5.73 Å². The Morgan fingerprint density at radius 1 is 1.29 bits per heavy atom. The van der Waals surface area contributed by atoms with Gasteiger partial charge in [-0.05, 0) is 58.8 Å². The minimum Gasteiger partial charge on any atom is -0.368 e. The zero-order valence-electron chi connectivity index (χ0n) is 13.7. The van der Waals surface area contributed by atoms with Crippen molar-refractivity contribution in [1.29, 1.82) is 0 Å². The van der Waals surface area contributed by atoms with Gasteiger partial charge in [0.1, 0.15) is 5.54 Å². The molecule has 21 heavy (non-hydrogen) atoms. The second-order valence-corrected chi connectivity index (χ2v) is 6.90. The first-order valence-electron chi connectivity index (χ1n) is 8.56. The zero-order chi connectivity index (χ0) is 15.3. The Morgan fingerprint density at radius 2 is 2.00 bits per heavy atom. The predicted octanol–water partition coefficient (Wildman–Crippen LogP) is 0.790.